The van der Waals surface area contributed by atoms with E-state index in [4.69, 9.17) is 5.73 Å². The van der Waals surface area contributed by atoms with Gasteiger partial charge in [0.2, 0.25) is 5.91 Å². The van der Waals surface area contributed by atoms with Gasteiger partial charge in [-0.15, -0.1) is 0 Å². The summed E-state index contributed by atoms with van der Waals surface area (Å²) in [6, 6.07) is 6.17. The van der Waals surface area contributed by atoms with E-state index in [1.54, 1.807) is 12.1 Å². The Balaban J connectivity index is 2.09. The predicted octanol–water partition coefficient (Wildman–Crippen LogP) is 1.40. The zero-order valence-electron chi connectivity index (χ0n) is 11.7. The van der Waals surface area contributed by atoms with E-state index in [0.717, 1.165) is 19.1 Å². The molecule has 1 aliphatic carbocycles. The van der Waals surface area contributed by atoms with Gasteiger partial charge in [0.25, 0.3) is 0 Å². The number of benzene rings is 1. The normalized spacial score (nSPS) is 25.9. The first-order valence-electron chi connectivity index (χ1n) is 6.58. The summed E-state index contributed by atoms with van der Waals surface area (Å²) >= 11 is 0. The molecule has 0 aromatic heterocycles. The topological polar surface area (TPSA) is 89.3 Å². The maximum Gasteiger partial charge on any atom is 0.231 e. The Bertz CT molecular complexity index is 602. The van der Waals surface area contributed by atoms with Crippen LogP contribution in [0.3, 0.4) is 0 Å². The summed E-state index contributed by atoms with van der Waals surface area (Å²) in [7, 11) is -3.21. The highest BCUT2D eigenvalue weighted by Gasteiger charge is 2.47. The van der Waals surface area contributed by atoms with E-state index in [2.05, 4.69) is 12.2 Å². The van der Waals surface area contributed by atoms with Crippen LogP contribution in [0.1, 0.15) is 19.8 Å². The lowest BCUT2D eigenvalue weighted by molar-refractivity contribution is -0.132. The van der Waals surface area contributed by atoms with Gasteiger partial charge in [0, 0.05) is 18.5 Å². The number of hydrogen-bond acceptors (Lipinski definition) is 4. The van der Waals surface area contributed by atoms with Crippen LogP contribution in [-0.2, 0) is 14.6 Å². The van der Waals surface area contributed by atoms with E-state index in [1.165, 1.54) is 12.1 Å². The quantitative estimate of drug-likeness (QED) is 0.879. The van der Waals surface area contributed by atoms with Gasteiger partial charge in [0.1, 0.15) is 0 Å². The van der Waals surface area contributed by atoms with Crippen LogP contribution in [-0.4, -0.2) is 27.1 Å². The lowest BCUT2D eigenvalue weighted by Gasteiger charge is -2.44. The Morgan fingerprint density at radius 3 is 2.30 bits per heavy atom. The number of nitrogens with one attached hydrogen (secondary N) is 1. The Morgan fingerprint density at radius 2 is 1.90 bits per heavy atom. The van der Waals surface area contributed by atoms with E-state index in [9.17, 15) is 13.2 Å². The minimum Gasteiger partial charge on any atom is -0.329 e. The van der Waals surface area contributed by atoms with Crippen LogP contribution in [0.25, 0.3) is 0 Å². The largest absolute Gasteiger partial charge is 0.329 e. The average Bonchev–Trinajstić information content (AvgIpc) is 2.34. The lowest BCUT2D eigenvalue weighted by atomic mass is 9.62. The fourth-order valence-electron chi connectivity index (χ4n) is 2.77. The van der Waals surface area contributed by atoms with Crippen LogP contribution in [0.4, 0.5) is 5.69 Å². The third-order valence-electron chi connectivity index (χ3n) is 3.89. The first kappa shape index (κ1) is 15.0. The summed E-state index contributed by atoms with van der Waals surface area (Å²) in [5, 5.41) is 2.82. The molecule has 1 amide bonds. The molecule has 1 aliphatic rings. The van der Waals surface area contributed by atoms with Crippen LogP contribution in [0.15, 0.2) is 29.2 Å². The zero-order chi connectivity index (χ0) is 15.0. The van der Waals surface area contributed by atoms with Crippen LogP contribution in [0.2, 0.25) is 0 Å². The summed E-state index contributed by atoms with van der Waals surface area (Å²) in [5.74, 6) is 0.446. The van der Waals surface area contributed by atoms with Crippen molar-refractivity contribution in [1.82, 2.24) is 0 Å². The zero-order valence-corrected chi connectivity index (χ0v) is 12.5. The molecule has 3 N–H and O–H groups in total. The van der Waals surface area contributed by atoms with Crippen LogP contribution < -0.4 is 11.1 Å². The number of sulfone groups is 1. The Kier molecular flexibility index (Phi) is 3.88. The van der Waals surface area contributed by atoms with Crippen molar-refractivity contribution in [2.24, 2.45) is 17.1 Å². The van der Waals surface area contributed by atoms with Gasteiger partial charge >= 0.3 is 0 Å². The Labute approximate surface area is 119 Å². The maximum atomic E-state index is 12.3. The molecule has 0 saturated heterocycles. The standard InChI is InChI=1S/C14H20N2O3S/c1-10-7-14(8-10,9-15)13(17)16-11-3-5-12(6-4-11)20(2,18)19/h3-6,10H,7-9,15H2,1-2H3,(H,16,17). The molecule has 5 nitrogen and oxygen atoms in total. The molecular formula is C14H20N2O3S. The fourth-order valence-corrected chi connectivity index (χ4v) is 3.40. The molecular weight excluding hydrogens is 276 g/mol. The van der Waals surface area contributed by atoms with Gasteiger partial charge in [-0.2, -0.15) is 0 Å². The highest BCUT2D eigenvalue weighted by atomic mass is 32.2. The number of nitrogens with two attached hydrogens (primary N) is 1. The van der Waals surface area contributed by atoms with Gasteiger partial charge in [-0.1, -0.05) is 6.92 Å². The number of carbonyl (C=O) groups is 1. The van der Waals surface area contributed by atoms with E-state index < -0.39 is 15.3 Å². The Morgan fingerprint density at radius 1 is 1.35 bits per heavy atom. The molecule has 0 heterocycles. The van der Waals surface area contributed by atoms with Crippen LogP contribution in [0.5, 0.6) is 0 Å². The molecule has 0 spiro atoms. The SMILES string of the molecule is CC1CC(CN)(C(=O)Nc2ccc(S(C)(=O)=O)cc2)C1. The van der Waals surface area contributed by atoms with Gasteiger partial charge in [-0.25, -0.2) is 8.42 Å². The van der Waals surface area contributed by atoms with Crippen molar-refractivity contribution in [2.45, 2.75) is 24.7 Å². The summed E-state index contributed by atoms with van der Waals surface area (Å²) in [6.07, 6.45) is 2.76. The summed E-state index contributed by atoms with van der Waals surface area (Å²) in [5.41, 5.74) is 5.86. The van der Waals surface area contributed by atoms with Crippen LogP contribution in [0, 0.1) is 11.3 Å². The van der Waals surface area contributed by atoms with Gasteiger partial charge in [0.05, 0.1) is 10.3 Å². The molecule has 20 heavy (non-hydrogen) atoms. The van der Waals surface area contributed by atoms with E-state index in [1.807, 2.05) is 0 Å². The van der Waals surface area contributed by atoms with Gasteiger partial charge in [-0.05, 0) is 43.0 Å². The molecule has 1 aromatic rings. The van der Waals surface area contributed by atoms with E-state index >= 15 is 0 Å². The number of anilines is 1. The van der Waals surface area contributed by atoms with Gasteiger partial charge in [0.15, 0.2) is 9.84 Å². The molecule has 6 heteroatoms. The molecule has 0 unspecified atom stereocenters. The molecule has 1 aromatic carbocycles. The van der Waals surface area contributed by atoms with Gasteiger partial charge in [-0.3, -0.25) is 4.79 Å². The second kappa shape index (κ2) is 5.18. The molecule has 0 atom stereocenters. The number of rotatable bonds is 4. The summed E-state index contributed by atoms with van der Waals surface area (Å²) in [6.45, 7) is 2.44. The summed E-state index contributed by atoms with van der Waals surface area (Å²) in [4.78, 5) is 12.5. The number of carbonyl (C=O) groups excluding carboxylic acids is 1. The van der Waals surface area contributed by atoms with Crippen molar-refractivity contribution in [3.63, 3.8) is 0 Å². The maximum absolute atomic E-state index is 12.3. The molecule has 0 radical (unpaired) electrons. The van der Waals surface area contributed by atoms with E-state index in [0.29, 0.717) is 18.2 Å². The molecule has 1 saturated carbocycles. The van der Waals surface area contributed by atoms with Crippen molar-refractivity contribution in [3.8, 4) is 0 Å². The lowest BCUT2D eigenvalue weighted by Crippen LogP contribution is -2.51. The van der Waals surface area contributed by atoms with Crippen molar-refractivity contribution in [1.29, 1.82) is 0 Å². The third-order valence-corrected chi connectivity index (χ3v) is 5.02. The third kappa shape index (κ3) is 2.86. The first-order valence-corrected chi connectivity index (χ1v) is 8.48. The van der Waals surface area contributed by atoms with Crippen molar-refractivity contribution in [3.05, 3.63) is 24.3 Å². The predicted molar refractivity (Wildman–Crippen MR) is 78.1 cm³/mol. The first-order chi connectivity index (χ1) is 9.27. The van der Waals surface area contributed by atoms with Gasteiger partial charge < -0.3 is 11.1 Å². The monoisotopic (exact) mass is 296 g/mol. The second-order valence-electron chi connectivity index (χ2n) is 5.75. The Hall–Kier alpha value is -1.40. The second-order valence-corrected chi connectivity index (χ2v) is 7.76. The van der Waals surface area contributed by atoms with Crippen molar-refractivity contribution < 1.29 is 13.2 Å². The molecule has 2 rings (SSSR count). The fraction of sp³-hybridized carbons (Fsp3) is 0.500. The molecule has 1 fully saturated rings. The molecule has 0 bridgehead atoms. The highest BCUT2D eigenvalue weighted by Crippen LogP contribution is 2.45. The average molecular weight is 296 g/mol. The minimum absolute atomic E-state index is 0.0785. The number of hydrogen-bond donors (Lipinski definition) is 2. The molecule has 0 aliphatic heterocycles. The van der Waals surface area contributed by atoms with Crippen LogP contribution >= 0.6 is 0 Å². The minimum atomic E-state index is -3.21. The van der Waals surface area contributed by atoms with Crippen molar-refractivity contribution >= 4 is 21.4 Å². The van der Waals surface area contributed by atoms with E-state index in [-0.39, 0.29) is 10.8 Å². The highest BCUT2D eigenvalue weighted by molar-refractivity contribution is 7.90. The number of amides is 1. The van der Waals surface area contributed by atoms with Crippen molar-refractivity contribution in [2.75, 3.05) is 18.1 Å². The summed E-state index contributed by atoms with van der Waals surface area (Å²) < 4.78 is 22.7. The molecule has 110 valence electrons. The smallest absolute Gasteiger partial charge is 0.231 e.